The summed E-state index contributed by atoms with van der Waals surface area (Å²) >= 11 is 1.34. The van der Waals surface area contributed by atoms with Crippen molar-refractivity contribution in [2.75, 3.05) is 11.1 Å². The summed E-state index contributed by atoms with van der Waals surface area (Å²) in [5, 5.41) is 7.12. The van der Waals surface area contributed by atoms with Gasteiger partial charge in [-0.1, -0.05) is 24.7 Å². The number of nitrogens with zero attached hydrogens (tertiary/aromatic N) is 1. The Bertz CT molecular complexity index is 480. The van der Waals surface area contributed by atoms with Gasteiger partial charge in [-0.3, -0.25) is 4.79 Å². The Morgan fingerprint density at radius 2 is 2.20 bits per heavy atom. The van der Waals surface area contributed by atoms with Crippen molar-refractivity contribution in [1.29, 1.82) is 0 Å². The number of aromatic nitrogens is 1. The molecule has 0 unspecified atom stereocenters. The topological polar surface area (TPSA) is 80.0 Å². The van der Waals surface area contributed by atoms with Gasteiger partial charge in [0.15, 0.2) is 5.13 Å². The number of nitrogens with two attached hydrogens (primary N) is 1. The largest absolute Gasteiger partial charge is 0.382 e. The number of nitrogens with one attached hydrogen (secondary N) is 2. The van der Waals surface area contributed by atoms with Crippen molar-refractivity contribution < 1.29 is 4.79 Å². The van der Waals surface area contributed by atoms with Crippen molar-refractivity contribution in [3.05, 3.63) is 4.88 Å². The second-order valence-corrected chi connectivity index (χ2v) is 7.09. The predicted molar refractivity (Wildman–Crippen MR) is 84.2 cm³/mol. The molecule has 5 nitrogen and oxygen atoms in total. The summed E-state index contributed by atoms with van der Waals surface area (Å²) in [4.78, 5) is 17.1. The van der Waals surface area contributed by atoms with Crippen LogP contribution in [0.4, 0.5) is 10.9 Å². The number of anilines is 2. The third-order valence-electron chi connectivity index (χ3n) is 3.62. The summed E-state index contributed by atoms with van der Waals surface area (Å²) < 4.78 is 0. The lowest BCUT2D eigenvalue weighted by Gasteiger charge is -2.26. The average molecular weight is 296 g/mol. The van der Waals surface area contributed by atoms with Crippen molar-refractivity contribution in [3.8, 4) is 0 Å². The molecule has 20 heavy (non-hydrogen) atoms. The van der Waals surface area contributed by atoms with Gasteiger partial charge in [-0.25, -0.2) is 4.98 Å². The fraction of sp³-hybridized carbons (Fsp3) is 0.714. The minimum Gasteiger partial charge on any atom is -0.382 e. The Morgan fingerprint density at radius 1 is 1.50 bits per heavy atom. The number of carbonyl (C=O) groups is 1. The number of nitrogen functional groups attached to an aromatic ring is 1. The molecule has 0 aliphatic heterocycles. The first kappa shape index (κ1) is 15.1. The van der Waals surface area contributed by atoms with Crippen LogP contribution in [0.25, 0.3) is 0 Å². The number of rotatable bonds is 6. The van der Waals surface area contributed by atoms with Crippen LogP contribution in [0.15, 0.2) is 0 Å². The van der Waals surface area contributed by atoms with Gasteiger partial charge in [-0.05, 0) is 39.5 Å². The van der Waals surface area contributed by atoms with Crippen LogP contribution in [0.1, 0.15) is 62.5 Å². The summed E-state index contributed by atoms with van der Waals surface area (Å²) in [5.41, 5.74) is 5.65. The molecule has 0 spiro atoms. The van der Waals surface area contributed by atoms with E-state index in [1.54, 1.807) is 0 Å². The van der Waals surface area contributed by atoms with Crippen molar-refractivity contribution in [3.63, 3.8) is 0 Å². The molecule has 0 aromatic carbocycles. The van der Waals surface area contributed by atoms with E-state index in [2.05, 4.69) is 22.5 Å². The molecule has 1 aliphatic carbocycles. The van der Waals surface area contributed by atoms with E-state index in [4.69, 9.17) is 5.73 Å². The molecule has 1 aromatic heterocycles. The highest BCUT2D eigenvalue weighted by molar-refractivity contribution is 7.18. The second kappa shape index (κ2) is 5.99. The summed E-state index contributed by atoms with van der Waals surface area (Å²) in [6.45, 7) is 6.16. The van der Waals surface area contributed by atoms with Crippen molar-refractivity contribution in [2.45, 2.75) is 64.5 Å². The van der Waals surface area contributed by atoms with E-state index in [1.807, 2.05) is 13.8 Å². The van der Waals surface area contributed by atoms with E-state index in [0.29, 0.717) is 16.7 Å². The molecule has 2 rings (SSSR count). The van der Waals surface area contributed by atoms with Crippen LogP contribution in [0.3, 0.4) is 0 Å². The maximum atomic E-state index is 12.3. The molecule has 4 N–H and O–H groups in total. The number of amides is 1. The van der Waals surface area contributed by atoms with Crippen molar-refractivity contribution >= 4 is 28.2 Å². The molecule has 1 fully saturated rings. The van der Waals surface area contributed by atoms with Crippen LogP contribution in [-0.2, 0) is 0 Å². The summed E-state index contributed by atoms with van der Waals surface area (Å²) in [7, 11) is 0. The molecule has 1 aliphatic rings. The van der Waals surface area contributed by atoms with E-state index >= 15 is 0 Å². The molecule has 0 radical (unpaired) electrons. The van der Waals surface area contributed by atoms with Gasteiger partial charge in [0.1, 0.15) is 10.7 Å². The number of hydrogen-bond acceptors (Lipinski definition) is 5. The Labute approximate surface area is 124 Å². The van der Waals surface area contributed by atoms with Gasteiger partial charge in [0, 0.05) is 11.6 Å². The molecule has 0 atom stereocenters. The third kappa shape index (κ3) is 3.62. The van der Waals surface area contributed by atoms with Crippen LogP contribution in [0.5, 0.6) is 0 Å². The molecule has 1 amide bonds. The second-order valence-electron chi connectivity index (χ2n) is 6.09. The monoisotopic (exact) mass is 296 g/mol. The van der Waals surface area contributed by atoms with Gasteiger partial charge in [-0.2, -0.15) is 0 Å². The van der Waals surface area contributed by atoms with Gasteiger partial charge >= 0.3 is 0 Å². The maximum Gasteiger partial charge on any atom is 0.265 e. The van der Waals surface area contributed by atoms with E-state index in [9.17, 15) is 4.79 Å². The first-order valence-electron chi connectivity index (χ1n) is 7.26. The summed E-state index contributed by atoms with van der Waals surface area (Å²) in [6, 6.07) is 0.494. The number of hydrogen-bond donors (Lipinski definition) is 3. The minimum atomic E-state index is -0.218. The van der Waals surface area contributed by atoms with Crippen molar-refractivity contribution in [2.24, 2.45) is 0 Å². The molecule has 6 heteroatoms. The molecule has 112 valence electrons. The lowest BCUT2D eigenvalue weighted by Crippen LogP contribution is -2.43. The molecule has 0 saturated heterocycles. The van der Waals surface area contributed by atoms with Crippen LogP contribution in [0.2, 0.25) is 0 Å². The maximum absolute atomic E-state index is 12.3. The van der Waals surface area contributed by atoms with Crippen LogP contribution < -0.4 is 16.4 Å². The molecule has 1 saturated carbocycles. The zero-order valence-corrected chi connectivity index (χ0v) is 13.3. The minimum absolute atomic E-state index is 0.125. The van der Waals surface area contributed by atoms with Crippen LogP contribution >= 0.6 is 11.3 Å². The van der Waals surface area contributed by atoms with Crippen LogP contribution in [0, 0.1) is 0 Å². The molecule has 0 bridgehead atoms. The molecule has 1 heterocycles. The highest BCUT2D eigenvalue weighted by Gasteiger charge is 2.25. The van der Waals surface area contributed by atoms with Gasteiger partial charge < -0.3 is 16.4 Å². The highest BCUT2D eigenvalue weighted by atomic mass is 32.1. The quantitative estimate of drug-likeness (QED) is 0.754. The first-order chi connectivity index (χ1) is 9.41. The lowest BCUT2D eigenvalue weighted by molar-refractivity contribution is 0.0914. The number of thiazole rings is 1. The lowest BCUT2D eigenvalue weighted by atomic mass is 9.93. The van der Waals surface area contributed by atoms with Crippen LogP contribution in [-0.4, -0.2) is 22.5 Å². The Hall–Kier alpha value is -1.30. The van der Waals surface area contributed by atoms with Gasteiger partial charge in [0.05, 0.1) is 0 Å². The normalized spacial score (nSPS) is 15.8. The Kier molecular flexibility index (Phi) is 4.52. The molecular weight excluding hydrogens is 272 g/mol. The van der Waals surface area contributed by atoms with Gasteiger partial charge in [0.25, 0.3) is 5.91 Å². The Balaban J connectivity index is 2.01. The molecular formula is C14H24N4OS. The fourth-order valence-corrected chi connectivity index (χ4v) is 3.19. The molecule has 1 aromatic rings. The SMILES string of the molecule is CCCC(C)(C)NC(=O)c1sc(NC2CCC2)nc1N. The zero-order valence-electron chi connectivity index (χ0n) is 12.5. The smallest absolute Gasteiger partial charge is 0.265 e. The average Bonchev–Trinajstić information content (AvgIpc) is 2.64. The standard InChI is InChI=1S/C14H24N4OS/c1-4-8-14(2,3)18-12(19)10-11(15)17-13(20-10)16-9-6-5-7-9/h9H,4-8,15H2,1-3H3,(H,16,17)(H,18,19). The van der Waals surface area contributed by atoms with E-state index in [0.717, 1.165) is 18.0 Å². The first-order valence-corrected chi connectivity index (χ1v) is 8.08. The fourth-order valence-electron chi connectivity index (χ4n) is 2.34. The van der Waals surface area contributed by atoms with Gasteiger partial charge in [0.2, 0.25) is 0 Å². The van der Waals surface area contributed by atoms with E-state index in [1.165, 1.54) is 30.6 Å². The Morgan fingerprint density at radius 3 is 2.75 bits per heavy atom. The zero-order chi connectivity index (χ0) is 14.8. The number of carbonyl (C=O) groups excluding carboxylic acids is 1. The van der Waals surface area contributed by atoms with E-state index < -0.39 is 0 Å². The van der Waals surface area contributed by atoms with Crippen molar-refractivity contribution in [1.82, 2.24) is 10.3 Å². The highest BCUT2D eigenvalue weighted by Crippen LogP contribution is 2.29. The summed E-state index contributed by atoms with van der Waals surface area (Å²) in [5.74, 6) is 0.196. The van der Waals surface area contributed by atoms with E-state index in [-0.39, 0.29) is 11.4 Å². The predicted octanol–water partition coefficient (Wildman–Crippen LogP) is 3.00. The van der Waals surface area contributed by atoms with Gasteiger partial charge in [-0.15, -0.1) is 0 Å². The third-order valence-corrected chi connectivity index (χ3v) is 4.62. The summed E-state index contributed by atoms with van der Waals surface area (Å²) in [6.07, 6.45) is 5.57.